The lowest BCUT2D eigenvalue weighted by Crippen LogP contribution is -2.32. The van der Waals surface area contributed by atoms with E-state index in [-0.39, 0.29) is 9.77 Å². The number of aliphatic hydroxyl groups excluding tert-OH is 1. The number of sulfonamides is 1. The van der Waals surface area contributed by atoms with E-state index in [0.717, 1.165) is 23.3 Å². The molecule has 110 valence electrons. The van der Waals surface area contributed by atoms with Gasteiger partial charge < -0.3 is 9.84 Å². The topological polar surface area (TPSA) is 92.7 Å². The molecule has 2 aromatic rings. The molecule has 2 aromatic heterocycles. The molecule has 3 rings (SSSR count). The van der Waals surface area contributed by atoms with E-state index in [1.165, 1.54) is 17.4 Å². The van der Waals surface area contributed by atoms with Gasteiger partial charge in [-0.15, -0.1) is 22.7 Å². The molecule has 0 amide bonds. The largest absolute Gasteiger partial charge is 0.504 e. The van der Waals surface area contributed by atoms with E-state index in [9.17, 15) is 18.3 Å². The number of methoxy groups -OCH3 is 1. The molecule has 0 saturated carbocycles. The van der Waals surface area contributed by atoms with Crippen molar-refractivity contribution in [3.63, 3.8) is 0 Å². The summed E-state index contributed by atoms with van der Waals surface area (Å²) in [6, 6.07) is 5.18. The van der Waals surface area contributed by atoms with E-state index in [1.54, 1.807) is 0 Å². The molecule has 2 N–H and O–H groups in total. The third-order valence-corrected chi connectivity index (χ3v) is 6.54. The molecular formula is C12H9NO5S3. The van der Waals surface area contributed by atoms with Crippen LogP contribution in [0.2, 0.25) is 0 Å². The van der Waals surface area contributed by atoms with Crippen molar-refractivity contribution in [2.24, 2.45) is 0 Å². The first-order valence-electron chi connectivity index (χ1n) is 5.66. The minimum Gasteiger partial charge on any atom is -0.504 e. The van der Waals surface area contributed by atoms with Crippen molar-refractivity contribution in [2.45, 2.75) is 4.90 Å². The van der Waals surface area contributed by atoms with E-state index in [2.05, 4.69) is 4.74 Å². The van der Waals surface area contributed by atoms with E-state index < -0.39 is 27.4 Å². The van der Waals surface area contributed by atoms with Crippen molar-refractivity contribution in [3.05, 3.63) is 34.2 Å². The predicted molar refractivity (Wildman–Crippen MR) is 79.5 cm³/mol. The fourth-order valence-corrected chi connectivity index (χ4v) is 5.40. The summed E-state index contributed by atoms with van der Waals surface area (Å²) in [5.74, 6) is -1.35. The maximum atomic E-state index is 12.2. The molecule has 9 heteroatoms. The molecule has 0 spiro atoms. The maximum absolute atomic E-state index is 12.2. The summed E-state index contributed by atoms with van der Waals surface area (Å²) >= 11 is 2.57. The van der Waals surface area contributed by atoms with Gasteiger partial charge >= 0.3 is 5.97 Å². The van der Waals surface area contributed by atoms with Crippen molar-refractivity contribution >= 4 is 44.4 Å². The lowest BCUT2D eigenvalue weighted by Gasteiger charge is -2.16. The van der Waals surface area contributed by atoms with Crippen molar-refractivity contribution in [3.8, 4) is 9.75 Å². The molecule has 0 radical (unpaired) electrons. The summed E-state index contributed by atoms with van der Waals surface area (Å²) < 4.78 is 30.9. The molecule has 0 saturated heterocycles. The van der Waals surface area contributed by atoms with Gasteiger partial charge in [0.1, 0.15) is 4.90 Å². The fraction of sp³-hybridized carbons (Fsp3) is 0.0833. The van der Waals surface area contributed by atoms with Gasteiger partial charge in [-0.1, -0.05) is 6.07 Å². The highest BCUT2D eigenvalue weighted by Gasteiger charge is 2.35. The Kier molecular flexibility index (Phi) is 3.27. The van der Waals surface area contributed by atoms with Gasteiger partial charge in [-0.3, -0.25) is 4.72 Å². The van der Waals surface area contributed by atoms with Crippen molar-refractivity contribution in [1.29, 1.82) is 0 Å². The smallest absolute Gasteiger partial charge is 0.359 e. The van der Waals surface area contributed by atoms with Crippen LogP contribution in [0.1, 0.15) is 4.88 Å². The standard InChI is InChI=1S/C12H9NO5S3/c1-18-12(15)9-10(14)11-8(21(16,17)13-9)5-7(20-11)6-3-2-4-19-6/h2-5,13-14H,1H3. The Hall–Kier alpha value is -1.84. The van der Waals surface area contributed by atoms with E-state index in [0.29, 0.717) is 4.88 Å². The highest BCUT2D eigenvalue weighted by molar-refractivity contribution is 7.90. The summed E-state index contributed by atoms with van der Waals surface area (Å²) in [6.45, 7) is 0. The quantitative estimate of drug-likeness (QED) is 0.815. The molecule has 0 aliphatic carbocycles. The molecule has 0 fully saturated rings. The third kappa shape index (κ3) is 2.23. The molecule has 0 unspecified atom stereocenters. The molecule has 0 aromatic carbocycles. The molecule has 6 nitrogen and oxygen atoms in total. The SMILES string of the molecule is COC(=O)C1=C(O)c2sc(-c3cccs3)cc2S(=O)(=O)N1. The average molecular weight is 343 g/mol. The Bertz CT molecular complexity index is 846. The summed E-state index contributed by atoms with van der Waals surface area (Å²) in [4.78, 5) is 13.2. The van der Waals surface area contributed by atoms with E-state index >= 15 is 0 Å². The first-order chi connectivity index (χ1) is 9.94. The van der Waals surface area contributed by atoms with Crippen LogP contribution in [0.5, 0.6) is 0 Å². The van der Waals surface area contributed by atoms with E-state index in [1.807, 2.05) is 22.2 Å². The highest BCUT2D eigenvalue weighted by atomic mass is 32.2. The van der Waals surface area contributed by atoms with Gasteiger partial charge in [-0.2, -0.15) is 0 Å². The Balaban J connectivity index is 2.22. The minimum absolute atomic E-state index is 0.0407. The summed E-state index contributed by atoms with van der Waals surface area (Å²) in [5, 5.41) is 12.0. The number of aliphatic hydroxyl groups is 1. The molecule has 3 heterocycles. The van der Waals surface area contributed by atoms with Crippen molar-refractivity contribution < 1.29 is 23.1 Å². The van der Waals surface area contributed by atoms with Gasteiger partial charge in [0.05, 0.1) is 12.0 Å². The number of nitrogens with one attached hydrogen (secondary N) is 1. The number of thiophene rings is 2. The summed E-state index contributed by atoms with van der Waals surface area (Å²) in [5.41, 5.74) is -0.468. The Morgan fingerprint density at radius 1 is 1.38 bits per heavy atom. The van der Waals surface area contributed by atoms with Crippen LogP contribution < -0.4 is 4.72 Å². The molecular weight excluding hydrogens is 334 g/mol. The van der Waals surface area contributed by atoms with Gasteiger partial charge in [0, 0.05) is 9.75 Å². The normalized spacial score (nSPS) is 16.2. The number of carbonyl (C=O) groups excluding carboxylic acids is 1. The first kappa shape index (κ1) is 14.1. The molecule has 21 heavy (non-hydrogen) atoms. The number of hydrogen-bond acceptors (Lipinski definition) is 7. The van der Waals surface area contributed by atoms with Crippen LogP contribution in [0, 0.1) is 0 Å². The molecule has 1 aliphatic heterocycles. The van der Waals surface area contributed by atoms with Crippen LogP contribution in [0.4, 0.5) is 0 Å². The van der Waals surface area contributed by atoms with Crippen LogP contribution in [-0.4, -0.2) is 26.6 Å². The van der Waals surface area contributed by atoms with Crippen LogP contribution >= 0.6 is 22.7 Å². The fourth-order valence-electron chi connectivity index (χ4n) is 1.87. The van der Waals surface area contributed by atoms with Crippen LogP contribution in [0.3, 0.4) is 0 Å². The van der Waals surface area contributed by atoms with Crippen molar-refractivity contribution in [2.75, 3.05) is 7.11 Å². The second kappa shape index (κ2) is 4.86. The van der Waals surface area contributed by atoms with Gasteiger partial charge in [0.2, 0.25) is 0 Å². The van der Waals surface area contributed by atoms with Crippen LogP contribution in [0.25, 0.3) is 15.5 Å². The van der Waals surface area contributed by atoms with Gasteiger partial charge in [0.25, 0.3) is 10.0 Å². The first-order valence-corrected chi connectivity index (χ1v) is 8.84. The average Bonchev–Trinajstić information content (AvgIpc) is 3.10. The zero-order valence-corrected chi connectivity index (χ0v) is 13.1. The number of esters is 1. The zero-order chi connectivity index (χ0) is 15.2. The highest BCUT2D eigenvalue weighted by Crippen LogP contribution is 2.41. The lowest BCUT2D eigenvalue weighted by atomic mass is 10.3. The Morgan fingerprint density at radius 3 is 2.76 bits per heavy atom. The molecule has 1 aliphatic rings. The van der Waals surface area contributed by atoms with Crippen molar-refractivity contribution in [1.82, 2.24) is 4.72 Å². The monoisotopic (exact) mass is 343 g/mol. The second-order valence-corrected chi connectivity index (χ2v) is 7.75. The van der Waals surface area contributed by atoms with Crippen LogP contribution in [0.15, 0.2) is 34.2 Å². The number of carbonyl (C=O) groups is 1. The lowest BCUT2D eigenvalue weighted by molar-refractivity contribution is -0.136. The number of hydrogen-bond donors (Lipinski definition) is 2. The molecule has 0 bridgehead atoms. The Morgan fingerprint density at radius 2 is 2.14 bits per heavy atom. The van der Waals surface area contributed by atoms with E-state index in [4.69, 9.17) is 0 Å². The number of ether oxygens (including phenoxy) is 1. The van der Waals surface area contributed by atoms with Gasteiger partial charge in [-0.25, -0.2) is 13.2 Å². The maximum Gasteiger partial charge on any atom is 0.359 e. The number of rotatable bonds is 2. The predicted octanol–water partition coefficient (Wildman–Crippen LogP) is 2.17. The number of fused-ring (bicyclic) bond motifs is 1. The van der Waals surface area contributed by atoms with Gasteiger partial charge in [-0.05, 0) is 17.5 Å². The Labute approximate surface area is 128 Å². The molecule has 0 atom stereocenters. The van der Waals surface area contributed by atoms with Gasteiger partial charge in [0.15, 0.2) is 11.5 Å². The zero-order valence-electron chi connectivity index (χ0n) is 10.6. The third-order valence-electron chi connectivity index (χ3n) is 2.83. The summed E-state index contributed by atoms with van der Waals surface area (Å²) in [6.07, 6.45) is 0. The second-order valence-electron chi connectivity index (χ2n) is 4.10. The minimum atomic E-state index is -3.90. The van der Waals surface area contributed by atoms with Crippen LogP contribution in [-0.2, 0) is 19.6 Å². The summed E-state index contributed by atoms with van der Waals surface area (Å²) in [7, 11) is -2.79.